The Bertz CT molecular complexity index is 567. The standard InChI is InChI=1S/C17H24N2O3/c1-11-9-12(2)14(13(3)10-11)15(20)18-17(16(21)19-22)7-5-4-6-8-17/h9-10,22H,4-8H2,1-3H3,(H,18,20)(H,19,21). The van der Waals surface area contributed by atoms with Gasteiger partial charge in [-0.3, -0.25) is 14.8 Å². The van der Waals surface area contributed by atoms with Crippen LogP contribution in [-0.4, -0.2) is 22.6 Å². The van der Waals surface area contributed by atoms with Crippen LogP contribution >= 0.6 is 0 Å². The van der Waals surface area contributed by atoms with Gasteiger partial charge in [-0.1, -0.05) is 37.0 Å². The molecule has 0 bridgehead atoms. The van der Waals surface area contributed by atoms with Gasteiger partial charge in [-0.05, 0) is 44.7 Å². The Labute approximate surface area is 131 Å². The van der Waals surface area contributed by atoms with Crippen LogP contribution in [0, 0.1) is 20.8 Å². The fourth-order valence-corrected chi connectivity index (χ4v) is 3.49. The zero-order valence-electron chi connectivity index (χ0n) is 13.5. The van der Waals surface area contributed by atoms with Gasteiger partial charge in [0, 0.05) is 5.56 Å². The van der Waals surface area contributed by atoms with E-state index in [0.717, 1.165) is 36.0 Å². The summed E-state index contributed by atoms with van der Waals surface area (Å²) in [5.41, 5.74) is 4.21. The molecular formula is C17H24N2O3. The molecule has 5 nitrogen and oxygen atoms in total. The lowest BCUT2D eigenvalue weighted by Gasteiger charge is -2.36. The summed E-state index contributed by atoms with van der Waals surface area (Å²) in [4.78, 5) is 24.8. The van der Waals surface area contributed by atoms with Gasteiger partial charge in [-0.2, -0.15) is 0 Å². The third kappa shape index (κ3) is 3.14. The van der Waals surface area contributed by atoms with Gasteiger partial charge < -0.3 is 5.32 Å². The molecule has 2 amide bonds. The van der Waals surface area contributed by atoms with E-state index in [9.17, 15) is 9.59 Å². The summed E-state index contributed by atoms with van der Waals surface area (Å²) in [6.07, 6.45) is 3.86. The number of aryl methyl sites for hydroxylation is 3. The van der Waals surface area contributed by atoms with Gasteiger partial charge in [0.2, 0.25) is 0 Å². The number of carbonyl (C=O) groups is 2. The molecule has 1 aliphatic rings. The predicted molar refractivity (Wildman–Crippen MR) is 83.9 cm³/mol. The van der Waals surface area contributed by atoms with Crippen molar-refractivity contribution >= 4 is 11.8 Å². The van der Waals surface area contributed by atoms with Crippen LogP contribution in [0.5, 0.6) is 0 Å². The minimum Gasteiger partial charge on any atom is -0.338 e. The van der Waals surface area contributed by atoms with Crippen molar-refractivity contribution in [2.24, 2.45) is 0 Å². The van der Waals surface area contributed by atoms with E-state index in [0.29, 0.717) is 18.4 Å². The molecule has 120 valence electrons. The number of hydroxylamine groups is 1. The molecule has 0 radical (unpaired) electrons. The van der Waals surface area contributed by atoms with Crippen LogP contribution in [0.1, 0.15) is 59.2 Å². The largest absolute Gasteiger partial charge is 0.338 e. The number of hydrogen-bond donors (Lipinski definition) is 3. The van der Waals surface area contributed by atoms with Crippen molar-refractivity contribution in [1.82, 2.24) is 10.8 Å². The fraction of sp³-hybridized carbons (Fsp3) is 0.529. The van der Waals surface area contributed by atoms with Crippen LogP contribution in [0.2, 0.25) is 0 Å². The second-order valence-electron chi connectivity index (χ2n) is 6.31. The van der Waals surface area contributed by atoms with E-state index < -0.39 is 11.4 Å². The summed E-state index contributed by atoms with van der Waals surface area (Å²) >= 11 is 0. The number of nitrogens with one attached hydrogen (secondary N) is 2. The first-order chi connectivity index (χ1) is 10.4. The molecule has 0 spiro atoms. The summed E-state index contributed by atoms with van der Waals surface area (Å²) < 4.78 is 0. The zero-order chi connectivity index (χ0) is 16.3. The highest BCUT2D eigenvalue weighted by Crippen LogP contribution is 2.29. The van der Waals surface area contributed by atoms with Gasteiger partial charge >= 0.3 is 0 Å². The lowest BCUT2D eigenvalue weighted by molar-refractivity contribution is -0.137. The molecule has 1 aliphatic carbocycles. The number of amides is 2. The maximum absolute atomic E-state index is 12.7. The quantitative estimate of drug-likeness (QED) is 0.593. The summed E-state index contributed by atoms with van der Waals surface area (Å²) in [5.74, 6) is -0.775. The lowest BCUT2D eigenvalue weighted by atomic mass is 9.80. The average Bonchev–Trinajstić information content (AvgIpc) is 2.46. The maximum atomic E-state index is 12.7. The van der Waals surface area contributed by atoms with Crippen molar-refractivity contribution in [1.29, 1.82) is 0 Å². The summed E-state index contributed by atoms with van der Waals surface area (Å²) in [6, 6.07) is 3.92. The van der Waals surface area contributed by atoms with Crippen LogP contribution in [-0.2, 0) is 4.79 Å². The molecule has 1 aromatic carbocycles. The molecule has 0 atom stereocenters. The molecule has 5 heteroatoms. The van der Waals surface area contributed by atoms with E-state index in [4.69, 9.17) is 5.21 Å². The summed E-state index contributed by atoms with van der Waals surface area (Å²) in [6.45, 7) is 5.78. The SMILES string of the molecule is Cc1cc(C)c(C(=O)NC2(C(=O)NO)CCCCC2)c(C)c1. The number of carbonyl (C=O) groups excluding carboxylic acids is 2. The van der Waals surface area contributed by atoms with Gasteiger partial charge in [0.15, 0.2) is 0 Å². The molecule has 2 rings (SSSR count). The van der Waals surface area contributed by atoms with Crippen molar-refractivity contribution in [3.63, 3.8) is 0 Å². The van der Waals surface area contributed by atoms with Crippen molar-refractivity contribution < 1.29 is 14.8 Å². The fourth-order valence-electron chi connectivity index (χ4n) is 3.49. The normalized spacial score (nSPS) is 16.9. The van der Waals surface area contributed by atoms with E-state index in [2.05, 4.69) is 5.32 Å². The Kier molecular flexibility index (Phi) is 4.86. The van der Waals surface area contributed by atoms with Crippen molar-refractivity contribution in [2.45, 2.75) is 58.4 Å². The molecule has 0 heterocycles. The van der Waals surface area contributed by atoms with Crippen molar-refractivity contribution in [3.8, 4) is 0 Å². The maximum Gasteiger partial charge on any atom is 0.269 e. The predicted octanol–water partition coefficient (Wildman–Crippen LogP) is 2.55. The zero-order valence-corrected chi connectivity index (χ0v) is 13.5. The average molecular weight is 304 g/mol. The molecule has 0 aromatic heterocycles. The Morgan fingerprint density at radius 1 is 1.05 bits per heavy atom. The van der Waals surface area contributed by atoms with E-state index in [1.54, 1.807) is 5.48 Å². The molecule has 1 aromatic rings. The number of rotatable bonds is 3. The molecule has 0 unspecified atom stereocenters. The minimum absolute atomic E-state index is 0.250. The first-order valence-corrected chi connectivity index (χ1v) is 7.74. The first kappa shape index (κ1) is 16.5. The third-order valence-corrected chi connectivity index (χ3v) is 4.50. The van der Waals surface area contributed by atoms with Crippen LogP contribution in [0.4, 0.5) is 0 Å². The first-order valence-electron chi connectivity index (χ1n) is 7.74. The Balaban J connectivity index is 2.31. The summed E-state index contributed by atoms with van der Waals surface area (Å²) in [7, 11) is 0. The highest BCUT2D eigenvalue weighted by molar-refractivity contribution is 6.01. The van der Waals surface area contributed by atoms with Crippen LogP contribution in [0.25, 0.3) is 0 Å². The topological polar surface area (TPSA) is 78.4 Å². The van der Waals surface area contributed by atoms with E-state index in [1.165, 1.54) is 0 Å². The smallest absolute Gasteiger partial charge is 0.269 e. The minimum atomic E-state index is -1.01. The second-order valence-corrected chi connectivity index (χ2v) is 6.31. The summed E-state index contributed by atoms with van der Waals surface area (Å²) in [5, 5.41) is 11.9. The van der Waals surface area contributed by atoms with Crippen molar-refractivity contribution in [3.05, 3.63) is 34.4 Å². The molecule has 22 heavy (non-hydrogen) atoms. The van der Waals surface area contributed by atoms with Crippen LogP contribution in [0.3, 0.4) is 0 Å². The third-order valence-electron chi connectivity index (χ3n) is 4.50. The number of hydrogen-bond acceptors (Lipinski definition) is 3. The van der Waals surface area contributed by atoms with Crippen molar-refractivity contribution in [2.75, 3.05) is 0 Å². The number of benzene rings is 1. The van der Waals surface area contributed by atoms with Gasteiger partial charge in [0.05, 0.1) is 0 Å². The second kappa shape index (κ2) is 6.48. The van der Waals surface area contributed by atoms with Crippen LogP contribution in [0.15, 0.2) is 12.1 Å². The molecule has 3 N–H and O–H groups in total. The Morgan fingerprint density at radius 3 is 2.09 bits per heavy atom. The Morgan fingerprint density at radius 2 is 1.59 bits per heavy atom. The Hall–Kier alpha value is -1.88. The van der Waals surface area contributed by atoms with Gasteiger partial charge in [0.25, 0.3) is 11.8 Å². The molecule has 0 aliphatic heterocycles. The highest BCUT2D eigenvalue weighted by atomic mass is 16.5. The molecular weight excluding hydrogens is 280 g/mol. The molecule has 1 saturated carbocycles. The lowest BCUT2D eigenvalue weighted by Crippen LogP contribution is -2.59. The monoisotopic (exact) mass is 304 g/mol. The highest BCUT2D eigenvalue weighted by Gasteiger charge is 2.41. The van der Waals surface area contributed by atoms with Gasteiger partial charge in [-0.15, -0.1) is 0 Å². The van der Waals surface area contributed by atoms with Gasteiger partial charge in [-0.25, -0.2) is 5.48 Å². The van der Waals surface area contributed by atoms with Gasteiger partial charge in [0.1, 0.15) is 5.54 Å². The van der Waals surface area contributed by atoms with E-state index in [1.807, 2.05) is 32.9 Å². The molecule has 1 fully saturated rings. The van der Waals surface area contributed by atoms with Crippen LogP contribution < -0.4 is 10.8 Å². The van der Waals surface area contributed by atoms with E-state index >= 15 is 0 Å². The van der Waals surface area contributed by atoms with E-state index in [-0.39, 0.29) is 5.91 Å². The molecule has 0 saturated heterocycles.